The van der Waals surface area contributed by atoms with Crippen LogP contribution in [-0.4, -0.2) is 28.6 Å². The molecule has 2 heterocycles. The van der Waals surface area contributed by atoms with Crippen molar-refractivity contribution in [1.29, 1.82) is 0 Å². The van der Waals surface area contributed by atoms with Gasteiger partial charge in [-0.2, -0.15) is 0 Å². The molecule has 1 saturated heterocycles. The van der Waals surface area contributed by atoms with Gasteiger partial charge in [0, 0.05) is 29.6 Å². The summed E-state index contributed by atoms with van der Waals surface area (Å²) in [6, 6.07) is 23.6. The van der Waals surface area contributed by atoms with E-state index in [0.717, 1.165) is 28.3 Å². The highest BCUT2D eigenvalue weighted by molar-refractivity contribution is 6.30. The monoisotopic (exact) mass is 445 g/mol. The Labute approximate surface area is 192 Å². The van der Waals surface area contributed by atoms with Gasteiger partial charge in [-0.25, -0.2) is 4.98 Å². The Hall–Kier alpha value is -3.31. The van der Waals surface area contributed by atoms with Gasteiger partial charge in [-0.3, -0.25) is 4.79 Å². The lowest BCUT2D eigenvalue weighted by molar-refractivity contribution is -0.117. The minimum atomic E-state index is 0.0185. The van der Waals surface area contributed by atoms with Crippen molar-refractivity contribution in [2.24, 2.45) is 0 Å². The number of benzene rings is 3. The van der Waals surface area contributed by atoms with E-state index in [1.54, 1.807) is 0 Å². The second kappa shape index (κ2) is 8.67. The lowest BCUT2D eigenvalue weighted by Crippen LogP contribution is -2.24. The number of halogens is 1. The van der Waals surface area contributed by atoms with Crippen LogP contribution in [0.4, 0.5) is 5.69 Å². The Morgan fingerprint density at radius 1 is 1.03 bits per heavy atom. The Morgan fingerprint density at radius 2 is 1.78 bits per heavy atom. The van der Waals surface area contributed by atoms with Crippen LogP contribution in [0, 0.1) is 6.92 Å². The van der Waals surface area contributed by atoms with Gasteiger partial charge in [0.2, 0.25) is 5.91 Å². The molecule has 1 atom stereocenters. The number of amides is 1. The minimum Gasteiger partial charge on any atom is -0.492 e. The molecular formula is C26H24ClN3O2. The number of carbonyl (C=O) groups excluding carboxylic acids is 1. The fraction of sp³-hybridized carbons (Fsp3) is 0.231. The van der Waals surface area contributed by atoms with E-state index in [1.165, 1.54) is 5.56 Å². The summed E-state index contributed by atoms with van der Waals surface area (Å²) < 4.78 is 8.19. The molecule has 5 rings (SSSR count). The van der Waals surface area contributed by atoms with E-state index in [-0.39, 0.29) is 11.8 Å². The van der Waals surface area contributed by atoms with E-state index in [9.17, 15) is 4.79 Å². The second-order valence-electron chi connectivity index (χ2n) is 8.15. The van der Waals surface area contributed by atoms with E-state index in [1.807, 2.05) is 71.6 Å². The highest BCUT2D eigenvalue weighted by Crippen LogP contribution is 2.33. The molecule has 5 nitrogen and oxygen atoms in total. The highest BCUT2D eigenvalue weighted by Gasteiger charge is 2.34. The van der Waals surface area contributed by atoms with Crippen molar-refractivity contribution in [3.05, 3.63) is 89.2 Å². The van der Waals surface area contributed by atoms with Crippen molar-refractivity contribution in [3.8, 4) is 5.75 Å². The first-order chi connectivity index (χ1) is 15.6. The van der Waals surface area contributed by atoms with E-state index in [0.29, 0.717) is 31.1 Å². The topological polar surface area (TPSA) is 47.4 Å². The maximum absolute atomic E-state index is 12.8. The fourth-order valence-corrected chi connectivity index (χ4v) is 4.41. The second-order valence-corrected chi connectivity index (χ2v) is 8.59. The average molecular weight is 446 g/mol. The number of anilines is 1. The zero-order valence-corrected chi connectivity index (χ0v) is 18.6. The molecule has 0 bridgehead atoms. The third-order valence-corrected chi connectivity index (χ3v) is 6.17. The number of para-hydroxylation sites is 2. The Morgan fingerprint density at radius 3 is 2.56 bits per heavy atom. The number of ether oxygens (including phenoxy) is 1. The largest absolute Gasteiger partial charge is 0.492 e. The molecule has 32 heavy (non-hydrogen) atoms. The van der Waals surface area contributed by atoms with E-state index in [2.05, 4.69) is 17.6 Å². The number of nitrogens with zero attached hydrogens (tertiary/aromatic N) is 3. The molecular weight excluding hydrogens is 422 g/mol. The number of hydrogen-bond acceptors (Lipinski definition) is 3. The van der Waals surface area contributed by atoms with Gasteiger partial charge in [0.05, 0.1) is 17.6 Å². The summed E-state index contributed by atoms with van der Waals surface area (Å²) in [6.07, 6.45) is 0.435. The number of rotatable bonds is 6. The first-order valence-corrected chi connectivity index (χ1v) is 11.2. The first kappa shape index (κ1) is 20.6. The lowest BCUT2D eigenvalue weighted by Gasteiger charge is -2.17. The van der Waals surface area contributed by atoms with Crippen molar-refractivity contribution in [1.82, 2.24) is 9.55 Å². The number of imidazole rings is 1. The number of aryl methyl sites for hydroxylation is 1. The molecule has 1 aliphatic heterocycles. The summed E-state index contributed by atoms with van der Waals surface area (Å²) in [5, 5.41) is 0.660. The fourth-order valence-electron chi connectivity index (χ4n) is 4.28. The van der Waals surface area contributed by atoms with Crippen LogP contribution >= 0.6 is 11.6 Å². The Bertz CT molecular complexity index is 1250. The predicted molar refractivity (Wildman–Crippen MR) is 128 cm³/mol. The van der Waals surface area contributed by atoms with Crippen LogP contribution in [-0.2, 0) is 11.3 Å². The van der Waals surface area contributed by atoms with Crippen LogP contribution in [0.5, 0.6) is 5.75 Å². The van der Waals surface area contributed by atoms with Crippen LogP contribution in [0.3, 0.4) is 0 Å². The number of hydrogen-bond donors (Lipinski definition) is 0. The van der Waals surface area contributed by atoms with Gasteiger partial charge in [-0.1, -0.05) is 41.4 Å². The van der Waals surface area contributed by atoms with Crippen molar-refractivity contribution >= 4 is 34.2 Å². The summed E-state index contributed by atoms with van der Waals surface area (Å²) in [7, 11) is 0. The van der Waals surface area contributed by atoms with Crippen molar-refractivity contribution in [2.75, 3.05) is 18.1 Å². The van der Waals surface area contributed by atoms with Crippen molar-refractivity contribution < 1.29 is 9.53 Å². The number of aromatic nitrogens is 2. The van der Waals surface area contributed by atoms with Crippen LogP contribution < -0.4 is 9.64 Å². The molecule has 0 spiro atoms. The van der Waals surface area contributed by atoms with Gasteiger partial charge in [0.1, 0.15) is 18.2 Å². The van der Waals surface area contributed by atoms with Crippen molar-refractivity contribution in [3.63, 3.8) is 0 Å². The Kier molecular flexibility index (Phi) is 5.58. The zero-order valence-electron chi connectivity index (χ0n) is 17.9. The minimum absolute atomic E-state index is 0.0185. The predicted octanol–water partition coefficient (Wildman–Crippen LogP) is 5.60. The summed E-state index contributed by atoms with van der Waals surface area (Å²) >= 11 is 6.02. The Balaban J connectivity index is 1.39. The molecule has 0 radical (unpaired) electrons. The molecule has 1 fully saturated rings. The maximum atomic E-state index is 12.8. The SMILES string of the molecule is Cc1ccc(OCCn2c([C@H]3CC(=O)N(c4ccc(Cl)cc4)C3)nc3ccccc32)cc1. The summed E-state index contributed by atoms with van der Waals surface area (Å²) in [6.45, 7) is 3.85. The molecule has 3 aromatic carbocycles. The molecule has 4 aromatic rings. The van der Waals surface area contributed by atoms with E-state index >= 15 is 0 Å². The van der Waals surface area contributed by atoms with Crippen LogP contribution in [0.1, 0.15) is 23.7 Å². The first-order valence-electron chi connectivity index (χ1n) is 10.8. The van der Waals surface area contributed by atoms with E-state index < -0.39 is 0 Å². The molecule has 1 amide bonds. The van der Waals surface area contributed by atoms with Gasteiger partial charge in [0.15, 0.2) is 0 Å². The van der Waals surface area contributed by atoms with Crippen LogP contribution in [0.2, 0.25) is 5.02 Å². The molecule has 1 aromatic heterocycles. The molecule has 0 saturated carbocycles. The molecule has 0 unspecified atom stereocenters. The van der Waals surface area contributed by atoms with Crippen LogP contribution in [0.25, 0.3) is 11.0 Å². The van der Waals surface area contributed by atoms with E-state index in [4.69, 9.17) is 21.3 Å². The van der Waals surface area contributed by atoms with Gasteiger partial charge in [0.25, 0.3) is 0 Å². The number of carbonyl (C=O) groups is 1. The van der Waals surface area contributed by atoms with Crippen LogP contribution in [0.15, 0.2) is 72.8 Å². The number of fused-ring (bicyclic) bond motifs is 1. The maximum Gasteiger partial charge on any atom is 0.227 e. The van der Waals surface area contributed by atoms with Gasteiger partial charge in [-0.05, 0) is 55.5 Å². The van der Waals surface area contributed by atoms with Gasteiger partial charge >= 0.3 is 0 Å². The zero-order chi connectivity index (χ0) is 22.1. The summed E-state index contributed by atoms with van der Waals surface area (Å²) in [4.78, 5) is 19.6. The standard InChI is InChI=1S/C26H24ClN3O2/c1-18-6-12-22(13-7-18)32-15-14-29-24-5-3-2-4-23(24)28-26(29)19-16-25(31)30(17-19)21-10-8-20(27)9-11-21/h2-13,19H,14-17H2,1H3/t19-/m0/s1. The van der Waals surface area contributed by atoms with Crippen molar-refractivity contribution in [2.45, 2.75) is 25.8 Å². The molecule has 162 valence electrons. The quantitative estimate of drug-likeness (QED) is 0.388. The average Bonchev–Trinajstić information content (AvgIpc) is 3.36. The van der Waals surface area contributed by atoms with Gasteiger partial charge in [-0.15, -0.1) is 0 Å². The normalized spacial score (nSPS) is 16.1. The smallest absolute Gasteiger partial charge is 0.227 e. The summed E-state index contributed by atoms with van der Waals surface area (Å²) in [5.74, 6) is 1.91. The lowest BCUT2D eigenvalue weighted by atomic mass is 10.1. The third-order valence-electron chi connectivity index (χ3n) is 5.92. The molecule has 0 N–H and O–H groups in total. The third kappa shape index (κ3) is 4.08. The molecule has 0 aliphatic carbocycles. The highest BCUT2D eigenvalue weighted by atomic mass is 35.5. The summed E-state index contributed by atoms with van der Waals surface area (Å²) in [5.41, 5.74) is 4.08. The molecule has 6 heteroatoms. The molecule has 1 aliphatic rings. The van der Waals surface area contributed by atoms with Gasteiger partial charge < -0.3 is 14.2 Å².